The first-order chi connectivity index (χ1) is 8.52. The van der Waals surface area contributed by atoms with Gasteiger partial charge in [-0.05, 0) is 19.1 Å². The number of ether oxygens (including phenoxy) is 1. The highest BCUT2D eigenvalue weighted by Crippen LogP contribution is 2.24. The number of sulfone groups is 1. The van der Waals surface area contributed by atoms with Crippen LogP contribution in [0.5, 0.6) is 5.88 Å². The highest BCUT2D eigenvalue weighted by molar-refractivity contribution is 7.91. The molecule has 0 radical (unpaired) electrons. The fourth-order valence-electron chi connectivity index (χ4n) is 1.81. The van der Waals surface area contributed by atoms with Crippen LogP contribution in [-0.4, -0.2) is 44.6 Å². The van der Waals surface area contributed by atoms with Crippen LogP contribution in [0.3, 0.4) is 0 Å². The Morgan fingerprint density at radius 3 is 2.67 bits per heavy atom. The molecule has 1 aliphatic rings. The van der Waals surface area contributed by atoms with Crippen LogP contribution in [-0.2, 0) is 9.84 Å². The number of rotatable bonds is 3. The second-order valence-electron chi connectivity index (χ2n) is 4.14. The van der Waals surface area contributed by atoms with E-state index in [-0.39, 0.29) is 11.5 Å². The predicted molar refractivity (Wildman–Crippen MR) is 70.7 cm³/mol. The van der Waals surface area contributed by atoms with E-state index in [0.29, 0.717) is 37.1 Å². The minimum absolute atomic E-state index is 0.170. The summed E-state index contributed by atoms with van der Waals surface area (Å²) in [6, 6.07) is 3.52. The smallest absolute Gasteiger partial charge is 0.239 e. The number of nitrogens with two attached hydrogens (primary N) is 1. The Bertz CT molecular complexity index is 516. The van der Waals surface area contributed by atoms with Gasteiger partial charge in [-0.15, -0.1) is 0 Å². The quantitative estimate of drug-likeness (QED) is 0.851. The van der Waals surface area contributed by atoms with Crippen LogP contribution in [0.15, 0.2) is 12.1 Å². The maximum Gasteiger partial charge on any atom is 0.239 e. The molecule has 1 fully saturated rings. The molecule has 0 amide bonds. The lowest BCUT2D eigenvalue weighted by Gasteiger charge is -2.28. The molecule has 1 aromatic heterocycles. The molecule has 0 aromatic carbocycles. The fraction of sp³-hybridized carbons (Fsp3) is 0.545. The van der Waals surface area contributed by atoms with Gasteiger partial charge in [-0.1, -0.05) is 0 Å². The lowest BCUT2D eigenvalue weighted by molar-refractivity contribution is 0.329. The van der Waals surface area contributed by atoms with Crippen LogP contribution in [0.4, 0.5) is 11.5 Å². The van der Waals surface area contributed by atoms with Gasteiger partial charge in [0.1, 0.15) is 5.82 Å². The third-order valence-electron chi connectivity index (χ3n) is 2.82. The molecule has 100 valence electrons. The first kappa shape index (κ1) is 12.9. The summed E-state index contributed by atoms with van der Waals surface area (Å²) in [5.41, 5.74) is 6.24. The summed E-state index contributed by atoms with van der Waals surface area (Å²) in [5, 5.41) is 0. The van der Waals surface area contributed by atoms with E-state index >= 15 is 0 Å². The molecule has 0 saturated carbocycles. The van der Waals surface area contributed by atoms with Crippen molar-refractivity contribution in [2.45, 2.75) is 6.92 Å². The molecule has 2 N–H and O–H groups in total. The van der Waals surface area contributed by atoms with E-state index in [9.17, 15) is 8.42 Å². The van der Waals surface area contributed by atoms with Gasteiger partial charge in [0.05, 0.1) is 23.8 Å². The molecule has 18 heavy (non-hydrogen) atoms. The molecule has 0 aliphatic carbocycles. The number of nitrogens with zero attached hydrogens (tertiary/aromatic N) is 2. The third kappa shape index (κ3) is 2.84. The number of hydrogen-bond donors (Lipinski definition) is 1. The highest BCUT2D eigenvalue weighted by Gasteiger charge is 2.22. The Labute approximate surface area is 107 Å². The van der Waals surface area contributed by atoms with Gasteiger partial charge in [0.15, 0.2) is 9.84 Å². The van der Waals surface area contributed by atoms with E-state index in [0.717, 1.165) is 0 Å². The average molecular weight is 271 g/mol. The second-order valence-corrected chi connectivity index (χ2v) is 6.44. The van der Waals surface area contributed by atoms with Gasteiger partial charge in [0.2, 0.25) is 5.88 Å². The summed E-state index contributed by atoms with van der Waals surface area (Å²) < 4.78 is 28.0. The number of hydrogen-bond acceptors (Lipinski definition) is 6. The van der Waals surface area contributed by atoms with E-state index < -0.39 is 9.84 Å². The van der Waals surface area contributed by atoms with Crippen molar-refractivity contribution in [3.8, 4) is 5.88 Å². The van der Waals surface area contributed by atoms with Gasteiger partial charge in [-0.3, -0.25) is 0 Å². The topological polar surface area (TPSA) is 85.5 Å². The van der Waals surface area contributed by atoms with E-state index in [1.165, 1.54) is 0 Å². The number of nitrogen functional groups attached to an aromatic ring is 1. The van der Waals surface area contributed by atoms with Crippen molar-refractivity contribution >= 4 is 21.3 Å². The van der Waals surface area contributed by atoms with Crippen molar-refractivity contribution in [2.75, 3.05) is 41.8 Å². The number of aromatic nitrogens is 1. The van der Waals surface area contributed by atoms with Crippen molar-refractivity contribution in [1.82, 2.24) is 4.98 Å². The van der Waals surface area contributed by atoms with Crippen molar-refractivity contribution in [2.24, 2.45) is 0 Å². The average Bonchev–Trinajstić information content (AvgIpc) is 2.32. The summed E-state index contributed by atoms with van der Waals surface area (Å²) in [6.45, 7) is 3.28. The van der Waals surface area contributed by atoms with Crippen LogP contribution in [0.1, 0.15) is 6.92 Å². The third-order valence-corrected chi connectivity index (χ3v) is 4.43. The molecule has 2 heterocycles. The zero-order valence-corrected chi connectivity index (χ0v) is 11.1. The molecule has 0 spiro atoms. The monoisotopic (exact) mass is 271 g/mol. The van der Waals surface area contributed by atoms with Crippen molar-refractivity contribution in [3.63, 3.8) is 0 Å². The summed E-state index contributed by atoms with van der Waals surface area (Å²) in [4.78, 5) is 6.25. The predicted octanol–water partition coefficient (Wildman–Crippen LogP) is 0.297. The lowest BCUT2D eigenvalue weighted by atomic mass is 10.3. The molecule has 2 rings (SSSR count). The van der Waals surface area contributed by atoms with Gasteiger partial charge < -0.3 is 15.4 Å². The molecule has 7 heteroatoms. The van der Waals surface area contributed by atoms with Crippen LogP contribution in [0, 0.1) is 0 Å². The van der Waals surface area contributed by atoms with Gasteiger partial charge in [0, 0.05) is 13.1 Å². The molecule has 1 aromatic rings. The summed E-state index contributed by atoms with van der Waals surface area (Å²) in [5.74, 6) is 1.46. The first-order valence-corrected chi connectivity index (χ1v) is 7.68. The van der Waals surface area contributed by atoms with Crippen LogP contribution >= 0.6 is 0 Å². The zero-order valence-electron chi connectivity index (χ0n) is 10.3. The number of pyridine rings is 1. The summed E-state index contributed by atoms with van der Waals surface area (Å²) in [7, 11) is -2.88. The first-order valence-electron chi connectivity index (χ1n) is 5.86. The Kier molecular flexibility index (Phi) is 3.60. The SMILES string of the molecule is CCOc1nc(N2CCS(=O)(=O)CC2)ccc1N. The van der Waals surface area contributed by atoms with E-state index in [4.69, 9.17) is 10.5 Å². The largest absolute Gasteiger partial charge is 0.476 e. The van der Waals surface area contributed by atoms with Crippen molar-refractivity contribution < 1.29 is 13.2 Å². The minimum atomic E-state index is -2.88. The number of anilines is 2. The van der Waals surface area contributed by atoms with Crippen molar-refractivity contribution in [3.05, 3.63) is 12.1 Å². The Morgan fingerprint density at radius 2 is 2.06 bits per heavy atom. The fourth-order valence-corrected chi connectivity index (χ4v) is 3.01. The maximum absolute atomic E-state index is 11.4. The zero-order chi connectivity index (χ0) is 13.2. The van der Waals surface area contributed by atoms with Gasteiger partial charge in [0.25, 0.3) is 0 Å². The molecule has 0 bridgehead atoms. The van der Waals surface area contributed by atoms with E-state index in [2.05, 4.69) is 4.98 Å². The van der Waals surface area contributed by atoms with Crippen LogP contribution in [0.25, 0.3) is 0 Å². The van der Waals surface area contributed by atoms with Gasteiger partial charge in [-0.25, -0.2) is 8.42 Å². The molecular weight excluding hydrogens is 254 g/mol. The van der Waals surface area contributed by atoms with Crippen molar-refractivity contribution in [1.29, 1.82) is 0 Å². The van der Waals surface area contributed by atoms with Crippen LogP contribution < -0.4 is 15.4 Å². The minimum Gasteiger partial charge on any atom is -0.476 e. The molecule has 0 unspecified atom stereocenters. The molecule has 0 atom stereocenters. The standard InChI is InChI=1S/C11H17N3O3S/c1-2-17-11-9(12)3-4-10(13-11)14-5-7-18(15,16)8-6-14/h3-4H,2,5-8,12H2,1H3. The Balaban J connectivity index is 2.17. The highest BCUT2D eigenvalue weighted by atomic mass is 32.2. The Morgan fingerprint density at radius 1 is 1.39 bits per heavy atom. The van der Waals surface area contributed by atoms with E-state index in [1.807, 2.05) is 11.8 Å². The molecular formula is C11H17N3O3S. The maximum atomic E-state index is 11.4. The van der Waals surface area contributed by atoms with Crippen LogP contribution in [0.2, 0.25) is 0 Å². The molecule has 1 saturated heterocycles. The molecule has 1 aliphatic heterocycles. The Hall–Kier alpha value is -1.50. The molecule has 6 nitrogen and oxygen atoms in total. The summed E-state index contributed by atoms with van der Waals surface area (Å²) in [6.07, 6.45) is 0. The van der Waals surface area contributed by atoms with Gasteiger partial charge in [-0.2, -0.15) is 4.98 Å². The normalized spacial score (nSPS) is 18.6. The van der Waals surface area contributed by atoms with E-state index in [1.54, 1.807) is 12.1 Å². The second kappa shape index (κ2) is 5.01. The lowest BCUT2D eigenvalue weighted by Crippen LogP contribution is -2.40. The van der Waals surface area contributed by atoms with Gasteiger partial charge >= 0.3 is 0 Å². The summed E-state index contributed by atoms with van der Waals surface area (Å²) >= 11 is 0.